The predicted molar refractivity (Wildman–Crippen MR) is 10.6 cm³/mol. The molecule has 0 aliphatic carbocycles. The molecule has 0 saturated heterocycles. The molecule has 0 aromatic carbocycles. The smallest absolute Gasteiger partial charge is 0 e. The molecule has 4 heteroatoms. The summed E-state index contributed by atoms with van der Waals surface area (Å²) in [7, 11) is 0. The molecule has 0 aromatic heterocycles. The van der Waals surface area contributed by atoms with Crippen LogP contribution in [0.1, 0.15) is 0 Å². The second kappa shape index (κ2) is 17.8. The average molecular weight is 404 g/mol. The molecule has 0 aliphatic rings. The van der Waals surface area contributed by atoms with Crippen molar-refractivity contribution in [1.29, 1.82) is 0 Å². The molecule has 0 spiro atoms. The molecule has 0 fully saturated rings. The van der Waals surface area contributed by atoms with Crippen LogP contribution in [-0.2, 0) is 55.4 Å². The van der Waals surface area contributed by atoms with Gasteiger partial charge in [0.05, 0.1) is 0 Å². The van der Waals surface area contributed by atoms with Crippen molar-refractivity contribution in [3.63, 3.8) is 0 Å². The second-order valence-electron chi connectivity index (χ2n) is 0. The molecule has 0 amide bonds. The fraction of sp³-hybridized carbons (Fsp3) is 0. The van der Waals surface area contributed by atoms with E-state index in [2.05, 4.69) is 0 Å². The minimum absolute atomic E-state index is 0. The van der Waals surface area contributed by atoms with Gasteiger partial charge in [0.25, 0.3) is 0 Å². The first-order valence-electron chi connectivity index (χ1n) is 0.236. The van der Waals surface area contributed by atoms with Crippen molar-refractivity contribution < 1.29 is 55.4 Å². The second-order valence-corrected chi connectivity index (χ2v) is 0. The summed E-state index contributed by atoms with van der Waals surface area (Å²) in [6.07, 6.45) is 0. The maximum absolute atomic E-state index is 8.38. The number of rotatable bonds is 0. The van der Waals surface area contributed by atoms with Gasteiger partial charge in [-0.25, -0.2) is 0 Å². The third-order valence-electron chi connectivity index (χ3n) is 0. The molecular weight excluding hydrogens is 401 g/mol. The van der Waals surface area contributed by atoms with E-state index >= 15 is 0 Å². The zero-order valence-electron chi connectivity index (χ0n) is 1.43. The van der Waals surface area contributed by atoms with Gasteiger partial charge in [0, 0.05) is 22.4 Å². The SMILES string of the molecule is [InH3].[O]=[Y].[Ta]. The quantitative estimate of drug-likeness (QED) is 0.491. The third-order valence-corrected chi connectivity index (χ3v) is 0. The molecule has 0 atom stereocenters. The third kappa shape index (κ3) is 8.82. The molecule has 0 heterocycles. The maximum Gasteiger partial charge on any atom is 0 e. The van der Waals surface area contributed by atoms with E-state index in [1.54, 1.807) is 0 Å². The van der Waals surface area contributed by atoms with Crippen LogP contribution in [-0.4, -0.2) is 25.8 Å². The van der Waals surface area contributed by atoms with E-state index in [1.165, 1.54) is 0 Å². The van der Waals surface area contributed by atoms with Gasteiger partial charge in [0.1, 0.15) is 0 Å². The first-order valence-corrected chi connectivity index (χ1v) is 1.39. The van der Waals surface area contributed by atoms with Crippen molar-refractivity contribution in [2.45, 2.75) is 0 Å². The molecule has 0 rings (SSSR count). The van der Waals surface area contributed by atoms with E-state index in [0.717, 1.165) is 0 Å². The van der Waals surface area contributed by atoms with Gasteiger partial charge in [-0.3, -0.25) is 0 Å². The monoisotopic (exact) mass is 404 g/mol. The first-order chi connectivity index (χ1) is 1.00. The summed E-state index contributed by atoms with van der Waals surface area (Å²) in [5.41, 5.74) is 0. The molecule has 0 saturated carbocycles. The molecule has 4 heavy (non-hydrogen) atoms. The normalized spacial score (nSPS) is 1.50. The van der Waals surface area contributed by atoms with Crippen molar-refractivity contribution >= 4 is 25.8 Å². The van der Waals surface area contributed by atoms with Crippen molar-refractivity contribution in [3.8, 4) is 0 Å². The Morgan fingerprint density at radius 3 is 1.25 bits per heavy atom. The fourth-order valence-electron chi connectivity index (χ4n) is 0. The van der Waals surface area contributed by atoms with Crippen molar-refractivity contribution in [1.82, 2.24) is 0 Å². The molecule has 0 aromatic rings. The van der Waals surface area contributed by atoms with Gasteiger partial charge >= 0.3 is 58.9 Å². The minimum Gasteiger partial charge on any atom is 0 e. The fourth-order valence-corrected chi connectivity index (χ4v) is 0. The Morgan fingerprint density at radius 2 is 1.25 bits per heavy atom. The van der Waals surface area contributed by atoms with Crippen LogP contribution in [0.5, 0.6) is 0 Å². The molecule has 0 N–H and O–H groups in total. The van der Waals surface area contributed by atoms with Crippen LogP contribution < -0.4 is 0 Å². The number of hydrogen-bond donors (Lipinski definition) is 0. The summed E-state index contributed by atoms with van der Waals surface area (Å²) in [5.74, 6) is 0. The number of hydrogen-bond acceptors (Lipinski definition) is 1. The summed E-state index contributed by atoms with van der Waals surface area (Å²) >= 11 is 0.100. The van der Waals surface area contributed by atoms with Gasteiger partial charge < -0.3 is 0 Å². The molecule has 0 bridgehead atoms. The Hall–Kier alpha value is 2.51. The largest absolute Gasteiger partial charge is 0 e. The minimum atomic E-state index is 0. The topological polar surface area (TPSA) is 17.1 Å². The van der Waals surface area contributed by atoms with Gasteiger partial charge in [-0.1, -0.05) is 0 Å². The standard InChI is InChI=1S/In.O.Ta.Y.3H. The molecule has 1 nitrogen and oxygen atoms in total. The van der Waals surface area contributed by atoms with Crippen LogP contribution >= 0.6 is 0 Å². The van der Waals surface area contributed by atoms with Crippen LogP contribution in [0.15, 0.2) is 0 Å². The van der Waals surface area contributed by atoms with E-state index in [1.807, 2.05) is 0 Å². The Labute approximate surface area is 79.6 Å². The van der Waals surface area contributed by atoms with Crippen LogP contribution in [0.4, 0.5) is 0 Å². The Morgan fingerprint density at radius 1 is 1.25 bits per heavy atom. The van der Waals surface area contributed by atoms with Crippen molar-refractivity contribution in [3.05, 3.63) is 0 Å². The van der Waals surface area contributed by atoms with Gasteiger partial charge in [-0.15, -0.1) is 0 Å². The molecule has 0 aliphatic heterocycles. The Kier molecular flexibility index (Phi) is 71.3. The average Bonchev–Trinajstić information content (AvgIpc) is 1.00. The maximum atomic E-state index is 8.38. The molecular formula is H3InOTaY. The molecule has 20 valence electrons. The van der Waals surface area contributed by atoms with Crippen LogP contribution in [0.25, 0.3) is 0 Å². The van der Waals surface area contributed by atoms with E-state index < -0.39 is 0 Å². The zero-order chi connectivity index (χ0) is 2.00. The van der Waals surface area contributed by atoms with Crippen molar-refractivity contribution in [2.75, 3.05) is 0 Å². The van der Waals surface area contributed by atoms with Crippen molar-refractivity contribution in [2.24, 2.45) is 0 Å². The first kappa shape index (κ1) is 16.0. The van der Waals surface area contributed by atoms with Crippen LogP contribution in [0.3, 0.4) is 0 Å². The Balaban J connectivity index is -0.00000000500. The van der Waals surface area contributed by atoms with Crippen LogP contribution in [0, 0.1) is 0 Å². The Bertz CT molecular complexity index is 8.00. The predicted octanol–water partition coefficient (Wildman–Crippen LogP) is -1.31. The van der Waals surface area contributed by atoms with E-state index in [4.69, 9.17) is 2.04 Å². The summed E-state index contributed by atoms with van der Waals surface area (Å²) in [6.45, 7) is 0. The van der Waals surface area contributed by atoms with Gasteiger partial charge in [0.2, 0.25) is 0 Å². The van der Waals surface area contributed by atoms with Crippen LogP contribution in [0.2, 0.25) is 0 Å². The summed E-state index contributed by atoms with van der Waals surface area (Å²) in [5, 5.41) is 0. The molecule has 0 unspecified atom stereocenters. The summed E-state index contributed by atoms with van der Waals surface area (Å²) in [4.78, 5) is 0. The summed E-state index contributed by atoms with van der Waals surface area (Å²) in [6, 6.07) is 0. The van der Waals surface area contributed by atoms with E-state index in [-0.39, 0.29) is 79.2 Å². The van der Waals surface area contributed by atoms with E-state index in [0.29, 0.717) is 0 Å². The van der Waals surface area contributed by atoms with E-state index in [9.17, 15) is 0 Å². The zero-order valence-corrected chi connectivity index (χ0v) is 7.48. The molecule has 1 radical (unpaired) electrons. The van der Waals surface area contributed by atoms with Gasteiger partial charge in [-0.05, 0) is 0 Å². The van der Waals surface area contributed by atoms with Gasteiger partial charge in [0.15, 0.2) is 0 Å². The summed E-state index contributed by atoms with van der Waals surface area (Å²) < 4.78 is 8.38. The van der Waals surface area contributed by atoms with Gasteiger partial charge in [-0.2, -0.15) is 0 Å².